The van der Waals surface area contributed by atoms with Gasteiger partial charge in [-0.05, 0) is 11.0 Å². The molecule has 1 N–H and O–H groups in total. The predicted octanol–water partition coefficient (Wildman–Crippen LogP) is 1.08. The fourth-order valence-corrected chi connectivity index (χ4v) is 2.58. The quantitative estimate of drug-likeness (QED) is 0.508. The van der Waals surface area contributed by atoms with Gasteiger partial charge in [-0.3, -0.25) is 9.69 Å². The number of hydrogen-bond donors (Lipinski definition) is 1. The lowest BCUT2D eigenvalue weighted by molar-refractivity contribution is -0.389. The summed E-state index contributed by atoms with van der Waals surface area (Å²) in [5.74, 6) is -0.326. The number of aromatic amines is 1. The van der Waals surface area contributed by atoms with Crippen molar-refractivity contribution in [2.24, 2.45) is 0 Å². The van der Waals surface area contributed by atoms with E-state index in [1.807, 2.05) is 0 Å². The summed E-state index contributed by atoms with van der Waals surface area (Å²) in [5.41, 5.74) is 0.278. The minimum atomic E-state index is -0.537. The fourth-order valence-electron chi connectivity index (χ4n) is 2.08. The third-order valence-electron chi connectivity index (χ3n) is 3.16. The van der Waals surface area contributed by atoms with Gasteiger partial charge in [0.25, 0.3) is 5.91 Å². The van der Waals surface area contributed by atoms with Crippen LogP contribution in [0.15, 0.2) is 12.1 Å². The molecule has 0 aromatic carbocycles. The molecule has 1 amide bonds. The van der Waals surface area contributed by atoms with Crippen LogP contribution in [0.2, 0.25) is 0 Å². The molecular formula is C11H15BrN4O3. The van der Waals surface area contributed by atoms with Crippen molar-refractivity contribution in [3.63, 3.8) is 0 Å². The first-order valence-electron chi connectivity index (χ1n) is 6.03. The number of carbonyl (C=O) groups excluding carboxylic acids is 1. The van der Waals surface area contributed by atoms with Crippen molar-refractivity contribution in [3.8, 4) is 0 Å². The largest absolute Gasteiger partial charge is 0.358 e. The number of alkyl halides is 1. The molecule has 0 bridgehead atoms. The molecule has 2 rings (SSSR count). The number of amides is 1. The fraction of sp³-hybridized carbons (Fsp3) is 0.545. The highest BCUT2D eigenvalue weighted by Gasteiger charge is 2.25. The highest BCUT2D eigenvalue weighted by Crippen LogP contribution is 2.13. The molecule has 0 radical (unpaired) electrons. The van der Waals surface area contributed by atoms with E-state index < -0.39 is 4.92 Å². The van der Waals surface area contributed by atoms with Crippen molar-refractivity contribution in [2.75, 3.05) is 38.1 Å². The molecular weight excluding hydrogens is 316 g/mol. The highest BCUT2D eigenvalue weighted by molar-refractivity contribution is 9.09. The number of halogens is 1. The molecule has 19 heavy (non-hydrogen) atoms. The summed E-state index contributed by atoms with van der Waals surface area (Å²) < 4.78 is 0. The van der Waals surface area contributed by atoms with E-state index in [0.717, 1.165) is 25.0 Å². The molecule has 0 saturated carbocycles. The number of carbonyl (C=O) groups is 1. The molecule has 0 aliphatic carbocycles. The Kier molecular flexibility index (Phi) is 4.54. The second-order valence-corrected chi connectivity index (χ2v) is 5.13. The summed E-state index contributed by atoms with van der Waals surface area (Å²) in [4.78, 5) is 28.7. The van der Waals surface area contributed by atoms with Crippen molar-refractivity contribution in [1.29, 1.82) is 0 Å². The number of piperazine rings is 1. The number of rotatable bonds is 4. The molecule has 2 heterocycles. The highest BCUT2D eigenvalue weighted by atomic mass is 79.9. The van der Waals surface area contributed by atoms with Crippen LogP contribution in [0.3, 0.4) is 0 Å². The first-order valence-corrected chi connectivity index (χ1v) is 7.15. The van der Waals surface area contributed by atoms with E-state index in [0.29, 0.717) is 13.1 Å². The average Bonchev–Trinajstić information content (AvgIpc) is 2.89. The molecule has 1 saturated heterocycles. The van der Waals surface area contributed by atoms with E-state index in [1.165, 1.54) is 12.1 Å². The maximum Gasteiger partial charge on any atom is 0.321 e. The zero-order valence-corrected chi connectivity index (χ0v) is 11.9. The summed E-state index contributed by atoms with van der Waals surface area (Å²) in [6, 6.07) is 2.78. The Bertz CT molecular complexity index is 468. The number of aromatic nitrogens is 1. The summed E-state index contributed by atoms with van der Waals surface area (Å²) in [6.45, 7) is 3.94. The van der Waals surface area contributed by atoms with Crippen molar-refractivity contribution < 1.29 is 9.72 Å². The lowest BCUT2D eigenvalue weighted by Gasteiger charge is -2.33. The SMILES string of the molecule is O=C(c1ccc([N+](=O)[O-])[nH]1)N1CCN(CCBr)CC1. The van der Waals surface area contributed by atoms with E-state index in [2.05, 4.69) is 25.8 Å². The number of H-pyrrole nitrogens is 1. The van der Waals surface area contributed by atoms with Gasteiger partial charge in [-0.15, -0.1) is 0 Å². The summed E-state index contributed by atoms with van der Waals surface area (Å²) in [7, 11) is 0. The van der Waals surface area contributed by atoms with Crippen molar-refractivity contribution >= 4 is 27.7 Å². The van der Waals surface area contributed by atoms with Crippen LogP contribution >= 0.6 is 15.9 Å². The Hall–Kier alpha value is -1.41. The van der Waals surface area contributed by atoms with Crippen LogP contribution in [0.25, 0.3) is 0 Å². The van der Waals surface area contributed by atoms with Gasteiger partial charge < -0.3 is 15.0 Å². The van der Waals surface area contributed by atoms with Gasteiger partial charge in [0, 0.05) is 44.1 Å². The van der Waals surface area contributed by atoms with Crippen LogP contribution in [0, 0.1) is 10.1 Å². The van der Waals surface area contributed by atoms with Crippen LogP contribution in [0.1, 0.15) is 10.5 Å². The minimum absolute atomic E-state index is 0.152. The van der Waals surface area contributed by atoms with E-state index >= 15 is 0 Å². The molecule has 1 aliphatic heterocycles. The molecule has 104 valence electrons. The second-order valence-electron chi connectivity index (χ2n) is 4.34. The Morgan fingerprint density at radius 2 is 2.05 bits per heavy atom. The van der Waals surface area contributed by atoms with E-state index in [-0.39, 0.29) is 17.4 Å². The zero-order chi connectivity index (χ0) is 13.8. The molecule has 1 aromatic heterocycles. The van der Waals surface area contributed by atoms with Gasteiger partial charge in [0.05, 0.1) is 0 Å². The minimum Gasteiger partial charge on any atom is -0.358 e. The molecule has 1 fully saturated rings. The Balaban J connectivity index is 1.95. The number of nitro groups is 1. The van der Waals surface area contributed by atoms with Crippen LogP contribution in [0.5, 0.6) is 0 Å². The normalized spacial score (nSPS) is 16.6. The zero-order valence-electron chi connectivity index (χ0n) is 10.3. The van der Waals surface area contributed by atoms with Crippen molar-refractivity contribution in [2.45, 2.75) is 0 Å². The van der Waals surface area contributed by atoms with Gasteiger partial charge in [0.2, 0.25) is 0 Å². The first-order chi connectivity index (χ1) is 9.11. The predicted molar refractivity (Wildman–Crippen MR) is 73.6 cm³/mol. The van der Waals surface area contributed by atoms with Gasteiger partial charge in [0.15, 0.2) is 5.69 Å². The number of hydrogen-bond acceptors (Lipinski definition) is 4. The summed E-state index contributed by atoms with van der Waals surface area (Å²) in [6.07, 6.45) is 0. The van der Waals surface area contributed by atoms with Gasteiger partial charge >= 0.3 is 5.82 Å². The van der Waals surface area contributed by atoms with Gasteiger partial charge in [0.1, 0.15) is 0 Å². The summed E-state index contributed by atoms with van der Waals surface area (Å²) >= 11 is 3.39. The Labute approximate surface area is 118 Å². The molecule has 1 aromatic rings. The van der Waals surface area contributed by atoms with Gasteiger partial charge in [-0.2, -0.15) is 0 Å². The maximum atomic E-state index is 12.1. The molecule has 0 atom stereocenters. The lowest BCUT2D eigenvalue weighted by Crippen LogP contribution is -2.49. The topological polar surface area (TPSA) is 82.5 Å². The standard InChI is InChI=1S/C11H15BrN4O3/c12-3-4-14-5-7-15(8-6-14)11(17)9-1-2-10(13-9)16(18)19/h1-2,13H,3-8H2. The molecule has 1 aliphatic rings. The van der Waals surface area contributed by atoms with Crippen LogP contribution in [-0.4, -0.2) is 63.7 Å². The summed E-state index contributed by atoms with van der Waals surface area (Å²) in [5, 5.41) is 11.5. The Morgan fingerprint density at radius 1 is 1.37 bits per heavy atom. The average molecular weight is 331 g/mol. The maximum absolute atomic E-state index is 12.1. The van der Waals surface area contributed by atoms with Crippen LogP contribution in [0.4, 0.5) is 5.82 Å². The lowest BCUT2D eigenvalue weighted by atomic mass is 10.3. The second kappa shape index (κ2) is 6.16. The first kappa shape index (κ1) is 14.0. The molecule has 0 spiro atoms. The van der Waals surface area contributed by atoms with Gasteiger partial charge in [-0.1, -0.05) is 15.9 Å². The molecule has 7 nitrogen and oxygen atoms in total. The van der Waals surface area contributed by atoms with Crippen LogP contribution < -0.4 is 0 Å². The smallest absolute Gasteiger partial charge is 0.321 e. The molecule has 0 unspecified atom stereocenters. The van der Waals surface area contributed by atoms with E-state index in [9.17, 15) is 14.9 Å². The van der Waals surface area contributed by atoms with E-state index in [1.54, 1.807) is 4.90 Å². The molecule has 8 heteroatoms. The number of nitrogens with zero attached hydrogens (tertiary/aromatic N) is 3. The van der Waals surface area contributed by atoms with Crippen molar-refractivity contribution in [3.05, 3.63) is 27.9 Å². The third kappa shape index (κ3) is 3.32. The third-order valence-corrected chi connectivity index (χ3v) is 3.51. The van der Waals surface area contributed by atoms with Gasteiger partial charge in [-0.25, -0.2) is 4.98 Å². The van der Waals surface area contributed by atoms with Crippen LogP contribution in [-0.2, 0) is 0 Å². The number of nitrogens with one attached hydrogen (secondary N) is 1. The van der Waals surface area contributed by atoms with Crippen molar-refractivity contribution in [1.82, 2.24) is 14.8 Å². The monoisotopic (exact) mass is 330 g/mol. The van der Waals surface area contributed by atoms with E-state index in [4.69, 9.17) is 0 Å². The Morgan fingerprint density at radius 3 is 2.58 bits per heavy atom.